The Bertz CT molecular complexity index is 902. The summed E-state index contributed by atoms with van der Waals surface area (Å²) in [5.74, 6) is -0.680. The highest BCUT2D eigenvalue weighted by molar-refractivity contribution is 7.92. The fourth-order valence-corrected chi connectivity index (χ4v) is 3.10. The number of benzene rings is 2. The molecule has 0 heterocycles. The number of nitro groups is 1. The number of halogens is 1. The van der Waals surface area contributed by atoms with Gasteiger partial charge in [0, 0.05) is 18.7 Å². The second-order valence-corrected chi connectivity index (χ2v) is 6.84. The van der Waals surface area contributed by atoms with E-state index in [1.807, 2.05) is 0 Å². The van der Waals surface area contributed by atoms with E-state index in [-0.39, 0.29) is 35.1 Å². The van der Waals surface area contributed by atoms with E-state index in [4.69, 9.17) is 5.11 Å². The average molecular weight is 369 g/mol. The molecule has 0 amide bonds. The fraction of sp³-hybridized carbons (Fsp3) is 0.200. The highest BCUT2D eigenvalue weighted by Crippen LogP contribution is 2.29. The highest BCUT2D eigenvalue weighted by Gasteiger charge is 2.19. The number of hydrogen-bond acceptors (Lipinski definition) is 6. The molecule has 0 radical (unpaired) electrons. The lowest BCUT2D eigenvalue weighted by molar-refractivity contribution is -0.384. The number of sulfonamides is 1. The maximum Gasteiger partial charge on any atom is 0.271 e. The van der Waals surface area contributed by atoms with Crippen molar-refractivity contribution in [3.05, 3.63) is 57.9 Å². The number of nitro benzene ring substituents is 1. The number of non-ortho nitro benzene ring substituents is 1. The first kappa shape index (κ1) is 18.6. The Labute approximate surface area is 143 Å². The quantitative estimate of drug-likeness (QED) is 0.508. The smallest absolute Gasteiger partial charge is 0.271 e. The van der Waals surface area contributed by atoms with E-state index in [1.165, 1.54) is 31.2 Å². The zero-order chi connectivity index (χ0) is 18.6. The molecule has 0 fully saturated rings. The second kappa shape index (κ2) is 7.45. The van der Waals surface area contributed by atoms with Gasteiger partial charge in [-0.3, -0.25) is 14.8 Å². The first-order valence-corrected chi connectivity index (χ1v) is 8.65. The van der Waals surface area contributed by atoms with Gasteiger partial charge in [-0.2, -0.15) is 0 Å². The summed E-state index contributed by atoms with van der Waals surface area (Å²) in [6, 6.07) is 6.99. The summed E-state index contributed by atoms with van der Waals surface area (Å²) < 4.78 is 40.7. The molecule has 2 aromatic rings. The normalized spacial score (nSPS) is 11.2. The van der Waals surface area contributed by atoms with E-state index in [0.717, 1.165) is 12.1 Å². The van der Waals surface area contributed by atoms with Gasteiger partial charge < -0.3 is 10.4 Å². The molecule has 2 aromatic carbocycles. The molecule has 0 atom stereocenters. The van der Waals surface area contributed by atoms with Crippen LogP contribution in [0, 0.1) is 22.9 Å². The molecular formula is C15H16FN3O5S. The Morgan fingerprint density at radius 3 is 2.52 bits per heavy atom. The van der Waals surface area contributed by atoms with Crippen molar-refractivity contribution in [2.45, 2.75) is 11.8 Å². The fourth-order valence-electron chi connectivity index (χ4n) is 2.02. The molecule has 8 nitrogen and oxygen atoms in total. The number of anilines is 2. The van der Waals surface area contributed by atoms with Crippen molar-refractivity contribution in [1.29, 1.82) is 0 Å². The van der Waals surface area contributed by atoms with Gasteiger partial charge in [0.05, 0.1) is 27.8 Å². The average Bonchev–Trinajstić information content (AvgIpc) is 2.55. The molecule has 0 bridgehead atoms. The van der Waals surface area contributed by atoms with E-state index in [2.05, 4.69) is 10.0 Å². The summed E-state index contributed by atoms with van der Waals surface area (Å²) in [5, 5.41) is 22.5. The van der Waals surface area contributed by atoms with Gasteiger partial charge in [0.25, 0.3) is 15.7 Å². The number of nitrogens with one attached hydrogen (secondary N) is 2. The zero-order valence-electron chi connectivity index (χ0n) is 13.2. The first-order valence-electron chi connectivity index (χ1n) is 7.17. The molecule has 3 N–H and O–H groups in total. The third-order valence-corrected chi connectivity index (χ3v) is 4.70. The van der Waals surface area contributed by atoms with Crippen molar-refractivity contribution in [3.8, 4) is 0 Å². The van der Waals surface area contributed by atoms with Crippen molar-refractivity contribution in [2.75, 3.05) is 23.2 Å². The molecule has 0 saturated carbocycles. The van der Waals surface area contributed by atoms with Crippen LogP contribution >= 0.6 is 0 Å². The van der Waals surface area contributed by atoms with Gasteiger partial charge >= 0.3 is 0 Å². The molecule has 10 heteroatoms. The van der Waals surface area contributed by atoms with Crippen molar-refractivity contribution >= 4 is 27.1 Å². The monoisotopic (exact) mass is 369 g/mol. The van der Waals surface area contributed by atoms with Gasteiger partial charge in [0.2, 0.25) is 0 Å². The van der Waals surface area contributed by atoms with Crippen LogP contribution in [0.2, 0.25) is 0 Å². The van der Waals surface area contributed by atoms with Crippen molar-refractivity contribution in [2.24, 2.45) is 0 Å². The molecule has 2 rings (SSSR count). The lowest BCUT2D eigenvalue weighted by Gasteiger charge is -2.14. The van der Waals surface area contributed by atoms with Crippen LogP contribution in [0.3, 0.4) is 0 Å². The lowest BCUT2D eigenvalue weighted by atomic mass is 10.2. The Hall–Kier alpha value is -2.72. The third kappa shape index (κ3) is 4.43. The van der Waals surface area contributed by atoms with E-state index >= 15 is 0 Å². The van der Waals surface area contributed by atoms with Gasteiger partial charge in [0.15, 0.2) is 0 Å². The zero-order valence-corrected chi connectivity index (χ0v) is 14.0. The minimum atomic E-state index is -4.16. The first-order chi connectivity index (χ1) is 11.7. The van der Waals surface area contributed by atoms with Gasteiger partial charge in [-0.25, -0.2) is 12.8 Å². The summed E-state index contributed by atoms with van der Waals surface area (Å²) in [6.45, 7) is 1.40. The Morgan fingerprint density at radius 2 is 1.92 bits per heavy atom. The number of rotatable bonds is 7. The maximum atomic E-state index is 13.6. The number of aliphatic hydroxyl groups is 1. The van der Waals surface area contributed by atoms with Crippen molar-refractivity contribution < 1.29 is 22.8 Å². The van der Waals surface area contributed by atoms with Crippen molar-refractivity contribution in [3.63, 3.8) is 0 Å². The molecule has 0 aromatic heterocycles. The lowest BCUT2D eigenvalue weighted by Crippen LogP contribution is -2.16. The standard InChI is InChI=1S/C15H16FN3O5S/c1-10-2-4-12(9-13(10)16)25(23,24)18-15-8-11(19(21)22)3-5-14(15)17-6-7-20/h2-5,8-9,17-18,20H,6-7H2,1H3. The number of hydrogen-bond donors (Lipinski definition) is 3. The van der Waals surface area contributed by atoms with E-state index < -0.39 is 20.8 Å². The Balaban J connectivity index is 2.43. The molecule has 0 aliphatic rings. The summed E-state index contributed by atoms with van der Waals surface area (Å²) in [5.41, 5.74) is 0.140. The van der Waals surface area contributed by atoms with Crippen LogP contribution < -0.4 is 10.0 Å². The number of aryl methyl sites for hydroxylation is 1. The Kier molecular flexibility index (Phi) is 5.55. The molecule has 0 aliphatic carbocycles. The van der Waals surface area contributed by atoms with Crippen LogP contribution in [-0.4, -0.2) is 31.6 Å². The summed E-state index contributed by atoms with van der Waals surface area (Å²) in [6.07, 6.45) is 0. The van der Waals surface area contributed by atoms with Gasteiger partial charge in [0.1, 0.15) is 5.82 Å². The molecule has 25 heavy (non-hydrogen) atoms. The highest BCUT2D eigenvalue weighted by atomic mass is 32.2. The SMILES string of the molecule is Cc1ccc(S(=O)(=O)Nc2cc([N+](=O)[O-])ccc2NCCO)cc1F. The van der Waals surface area contributed by atoms with Crippen LogP contribution in [-0.2, 0) is 10.0 Å². The van der Waals surface area contributed by atoms with Crippen LogP contribution in [0.4, 0.5) is 21.5 Å². The number of aliphatic hydroxyl groups excluding tert-OH is 1. The van der Waals surface area contributed by atoms with Crippen LogP contribution in [0.1, 0.15) is 5.56 Å². The predicted molar refractivity (Wildman–Crippen MR) is 90.6 cm³/mol. The van der Waals surface area contributed by atoms with E-state index in [1.54, 1.807) is 0 Å². The molecule has 0 aliphatic heterocycles. The largest absolute Gasteiger partial charge is 0.395 e. The Morgan fingerprint density at radius 1 is 1.20 bits per heavy atom. The second-order valence-electron chi connectivity index (χ2n) is 5.15. The minimum absolute atomic E-state index is 0.0800. The predicted octanol–water partition coefficient (Wildman–Crippen LogP) is 2.25. The summed E-state index contributed by atoms with van der Waals surface area (Å²) >= 11 is 0. The van der Waals surface area contributed by atoms with Crippen LogP contribution in [0.5, 0.6) is 0 Å². The topological polar surface area (TPSA) is 122 Å². The molecular weight excluding hydrogens is 353 g/mol. The third-order valence-electron chi connectivity index (χ3n) is 3.34. The van der Waals surface area contributed by atoms with Crippen LogP contribution in [0.15, 0.2) is 41.3 Å². The molecule has 134 valence electrons. The molecule has 0 spiro atoms. The van der Waals surface area contributed by atoms with Gasteiger partial charge in [-0.15, -0.1) is 0 Å². The van der Waals surface area contributed by atoms with Gasteiger partial charge in [-0.1, -0.05) is 6.07 Å². The molecule has 0 unspecified atom stereocenters. The van der Waals surface area contributed by atoms with E-state index in [9.17, 15) is 22.9 Å². The summed E-state index contributed by atoms with van der Waals surface area (Å²) in [4.78, 5) is 9.94. The summed E-state index contributed by atoms with van der Waals surface area (Å²) in [7, 11) is -4.16. The van der Waals surface area contributed by atoms with Crippen molar-refractivity contribution in [1.82, 2.24) is 0 Å². The van der Waals surface area contributed by atoms with Gasteiger partial charge in [-0.05, 0) is 30.7 Å². The minimum Gasteiger partial charge on any atom is -0.395 e. The van der Waals surface area contributed by atoms with E-state index in [0.29, 0.717) is 5.56 Å². The van der Waals surface area contributed by atoms with Crippen LogP contribution in [0.25, 0.3) is 0 Å². The maximum absolute atomic E-state index is 13.6. The molecule has 0 saturated heterocycles. The number of nitrogens with zero attached hydrogens (tertiary/aromatic N) is 1.